The van der Waals surface area contributed by atoms with Gasteiger partial charge in [-0.3, -0.25) is 52.7 Å². The molecule has 0 bridgehead atoms. The lowest BCUT2D eigenvalue weighted by atomic mass is 9.85. The number of carboxylic acid groups (broad SMARTS) is 3. The molecule has 7 amide bonds. The van der Waals surface area contributed by atoms with Gasteiger partial charge in [0.25, 0.3) is 5.91 Å². The number of amides is 7. The Kier molecular flexibility index (Phi) is 24.7. The summed E-state index contributed by atoms with van der Waals surface area (Å²) < 4.78 is 40.9. The van der Waals surface area contributed by atoms with E-state index < -0.39 is 157 Å². The molecule has 0 fully saturated rings. The van der Waals surface area contributed by atoms with Gasteiger partial charge in [-0.25, -0.2) is 0 Å². The minimum atomic E-state index is -5.01. The summed E-state index contributed by atoms with van der Waals surface area (Å²) in [5, 5.41) is 43.6. The quantitative estimate of drug-likeness (QED) is 0.0391. The zero-order chi connectivity index (χ0) is 52.1. The third-order valence-electron chi connectivity index (χ3n) is 9.83. The molecular weight excluding hydrogens is 928 g/mol. The fraction of sp³-hybridized carbons (Fsp3) is 0.605. The van der Waals surface area contributed by atoms with Gasteiger partial charge in [0.15, 0.2) is 0 Å². The van der Waals surface area contributed by atoms with E-state index >= 15 is 0 Å². The number of aliphatic carboxylic acids is 3. The maximum Gasteiger partial charge on any atom is 0.391 e. The van der Waals surface area contributed by atoms with E-state index in [0.717, 1.165) is 0 Å². The van der Waals surface area contributed by atoms with Crippen molar-refractivity contribution in [3.05, 3.63) is 35.4 Å². The smallest absolute Gasteiger partial charge is 0.391 e. The van der Waals surface area contributed by atoms with Crippen molar-refractivity contribution in [2.45, 2.75) is 135 Å². The van der Waals surface area contributed by atoms with Crippen LogP contribution in [0.4, 0.5) is 13.2 Å². The van der Waals surface area contributed by atoms with E-state index in [9.17, 15) is 76.1 Å². The van der Waals surface area contributed by atoms with E-state index in [0.29, 0.717) is 16.9 Å². The number of carbonyl (C=O) groups is 11. The number of carboxylic acids is 3. The molecule has 0 saturated heterocycles. The van der Waals surface area contributed by atoms with Crippen LogP contribution in [-0.4, -0.2) is 141 Å². The predicted octanol–water partition coefficient (Wildman–Crippen LogP) is 0.744. The van der Waals surface area contributed by atoms with Crippen LogP contribution < -0.4 is 37.2 Å². The van der Waals surface area contributed by atoms with Gasteiger partial charge in [-0.1, -0.05) is 58.9 Å². The number of thioether (sulfide) groups is 1. The molecule has 0 aromatic heterocycles. The number of alkyl halides is 3. The number of Topliss-reactive ketones (excluding diaryl/α,β-unsaturated/α-hetero) is 1. The number of hydrogen-bond donors (Lipinski definition) is 10. The molecule has 1 rings (SSSR count). The van der Waals surface area contributed by atoms with Gasteiger partial charge >= 0.3 is 24.1 Å². The van der Waals surface area contributed by atoms with Crippen LogP contribution in [0.25, 0.3) is 0 Å². The molecule has 1 aromatic carbocycles. The molecule has 0 heterocycles. The SMILES string of the molecule is CSCCNC(=O)C(=O)[C@H](CC(F)(F)F)NC(=O)[C@H](CC(C)C)NC(=O)[C@@H](NC(=O)[C@H](Cc1ccccc1C)NC(=O)[C@H](CCC(=O)O)NC(=O)[C@H](CC(=O)O)NC(=O)CCC(=O)O)C(C)(C)C. The fourth-order valence-corrected chi connectivity index (χ4v) is 6.63. The van der Waals surface area contributed by atoms with Gasteiger partial charge < -0.3 is 52.5 Å². The van der Waals surface area contributed by atoms with Crippen molar-refractivity contribution in [2.75, 3.05) is 18.6 Å². The Morgan fingerprint density at radius 1 is 0.647 bits per heavy atom. The van der Waals surface area contributed by atoms with Crippen LogP contribution in [0.15, 0.2) is 24.3 Å². The second-order valence-corrected chi connectivity index (χ2v) is 18.3. The first kappa shape index (κ1) is 59.7. The molecule has 0 unspecified atom stereocenters. The number of halogens is 3. The highest BCUT2D eigenvalue weighted by Gasteiger charge is 2.41. The summed E-state index contributed by atoms with van der Waals surface area (Å²) in [6.07, 6.45) is -9.39. The van der Waals surface area contributed by atoms with Crippen LogP contribution in [0.2, 0.25) is 0 Å². The molecule has 10 N–H and O–H groups in total. The van der Waals surface area contributed by atoms with E-state index in [2.05, 4.69) is 31.9 Å². The Morgan fingerprint density at radius 3 is 1.71 bits per heavy atom. The van der Waals surface area contributed by atoms with E-state index in [1.807, 2.05) is 5.32 Å². The molecule has 0 spiro atoms. The standard InChI is InChI=1S/C43H62F3N7O14S/c1-22(2)18-26(37(63)52-29(21-43(44,45)46)34(61)40(66)47-16-17-68-7)51-41(67)35(42(4,5)6)53-39(65)27(19-24-11-9-8-10-23(24)3)50-36(62)25(12-14-31(55)56)49-38(64)28(20-33(59)60)48-30(54)13-15-32(57)58/h8-11,22,25-29,35H,12-21H2,1-7H3,(H,47,66)(H,48,54)(H,49,64)(H,50,62)(H,51,67)(H,52,63)(H,53,65)(H,55,56)(H,57,58)(H,59,60)/t25-,26-,27-,28-,29-,35+/m0/s1. The van der Waals surface area contributed by atoms with E-state index in [-0.39, 0.29) is 19.4 Å². The molecule has 25 heteroatoms. The van der Waals surface area contributed by atoms with Gasteiger partial charge in [0.1, 0.15) is 36.3 Å². The average Bonchev–Trinajstić information content (AvgIpc) is 3.21. The van der Waals surface area contributed by atoms with Gasteiger partial charge in [0.2, 0.25) is 41.2 Å². The topological polar surface area (TPSA) is 333 Å². The van der Waals surface area contributed by atoms with E-state index in [4.69, 9.17) is 5.11 Å². The maximum absolute atomic E-state index is 14.3. The first-order chi connectivity index (χ1) is 31.4. The zero-order valence-electron chi connectivity index (χ0n) is 38.8. The Hall–Kier alpha value is -6.27. The molecular formula is C43H62F3N7O14S. The average molecular weight is 990 g/mol. The second kappa shape index (κ2) is 28.2. The monoisotopic (exact) mass is 989 g/mol. The van der Waals surface area contributed by atoms with Crippen LogP contribution in [0.1, 0.15) is 90.7 Å². The normalized spacial score (nSPS) is 14.1. The van der Waals surface area contributed by atoms with Crippen LogP contribution >= 0.6 is 11.8 Å². The van der Waals surface area contributed by atoms with Crippen LogP contribution in [0.5, 0.6) is 0 Å². The van der Waals surface area contributed by atoms with Crippen LogP contribution in [0.3, 0.4) is 0 Å². The van der Waals surface area contributed by atoms with Gasteiger partial charge in [-0.15, -0.1) is 0 Å². The molecule has 380 valence electrons. The molecule has 1 aromatic rings. The van der Waals surface area contributed by atoms with Gasteiger partial charge in [-0.2, -0.15) is 24.9 Å². The van der Waals surface area contributed by atoms with Crippen molar-refractivity contribution in [3.63, 3.8) is 0 Å². The minimum absolute atomic E-state index is 0.0452. The summed E-state index contributed by atoms with van der Waals surface area (Å²) >= 11 is 1.29. The van der Waals surface area contributed by atoms with Crippen molar-refractivity contribution in [2.24, 2.45) is 11.3 Å². The van der Waals surface area contributed by atoms with Crippen LogP contribution in [-0.2, 0) is 59.2 Å². The Bertz CT molecular complexity index is 2000. The lowest BCUT2D eigenvalue weighted by Gasteiger charge is -2.34. The van der Waals surface area contributed by atoms with Crippen molar-refractivity contribution in [1.29, 1.82) is 0 Å². The highest BCUT2D eigenvalue weighted by molar-refractivity contribution is 7.98. The van der Waals surface area contributed by atoms with E-state index in [1.54, 1.807) is 51.3 Å². The van der Waals surface area contributed by atoms with Gasteiger partial charge in [0, 0.05) is 31.6 Å². The largest absolute Gasteiger partial charge is 0.481 e. The summed E-state index contributed by atoms with van der Waals surface area (Å²) in [7, 11) is 0. The summed E-state index contributed by atoms with van der Waals surface area (Å²) in [4.78, 5) is 141. The lowest BCUT2D eigenvalue weighted by molar-refractivity contribution is -0.154. The van der Waals surface area contributed by atoms with Crippen molar-refractivity contribution in [1.82, 2.24) is 37.2 Å². The molecule has 0 radical (unpaired) electrons. The molecule has 0 aliphatic heterocycles. The Balaban J connectivity index is 3.62. The summed E-state index contributed by atoms with van der Waals surface area (Å²) in [5.74, 6) is -14.1. The third-order valence-corrected chi connectivity index (χ3v) is 10.4. The molecule has 0 aliphatic rings. The summed E-state index contributed by atoms with van der Waals surface area (Å²) in [6, 6.07) is -4.18. The summed E-state index contributed by atoms with van der Waals surface area (Å²) in [6.45, 7) is 9.45. The molecule has 6 atom stereocenters. The Morgan fingerprint density at radius 2 is 1.18 bits per heavy atom. The number of hydrogen-bond acceptors (Lipinski definition) is 12. The molecule has 68 heavy (non-hydrogen) atoms. The zero-order valence-corrected chi connectivity index (χ0v) is 39.6. The predicted molar refractivity (Wildman–Crippen MR) is 238 cm³/mol. The van der Waals surface area contributed by atoms with Gasteiger partial charge in [0.05, 0.1) is 19.3 Å². The number of nitrogens with one attached hydrogen (secondary N) is 7. The molecule has 21 nitrogen and oxygen atoms in total. The van der Waals surface area contributed by atoms with Crippen molar-refractivity contribution < 1.29 is 81.2 Å². The highest BCUT2D eigenvalue weighted by Crippen LogP contribution is 2.24. The first-order valence-corrected chi connectivity index (χ1v) is 22.7. The summed E-state index contributed by atoms with van der Waals surface area (Å²) in [5.41, 5.74) is -0.0697. The number of carbonyl (C=O) groups excluding carboxylic acids is 8. The maximum atomic E-state index is 14.3. The van der Waals surface area contributed by atoms with Crippen molar-refractivity contribution >= 4 is 76.8 Å². The first-order valence-electron chi connectivity index (χ1n) is 21.3. The van der Waals surface area contributed by atoms with Gasteiger partial charge in [-0.05, 0) is 48.5 Å². The number of aryl methyl sites for hydroxylation is 1. The molecule has 0 saturated carbocycles. The van der Waals surface area contributed by atoms with Crippen molar-refractivity contribution in [3.8, 4) is 0 Å². The Labute approximate surface area is 395 Å². The lowest BCUT2D eigenvalue weighted by Crippen LogP contribution is -2.62. The molecule has 0 aliphatic carbocycles. The number of rotatable bonds is 29. The second-order valence-electron chi connectivity index (χ2n) is 17.3. The minimum Gasteiger partial charge on any atom is -0.481 e. The van der Waals surface area contributed by atoms with Crippen LogP contribution in [0, 0.1) is 18.3 Å². The fourth-order valence-electron chi connectivity index (χ4n) is 6.32. The third kappa shape index (κ3) is 23.0. The number of benzene rings is 1. The highest BCUT2D eigenvalue weighted by atomic mass is 32.2. The van der Waals surface area contributed by atoms with E-state index in [1.165, 1.54) is 32.5 Å². The number of ketones is 1.